The van der Waals surface area contributed by atoms with E-state index in [2.05, 4.69) is 138 Å². The van der Waals surface area contributed by atoms with Crippen LogP contribution in [0, 0.1) is 0 Å². The average molecular weight is 979 g/mol. The van der Waals surface area contributed by atoms with Crippen LogP contribution in [-0.2, 0) is 27.2 Å². The lowest BCUT2D eigenvalue weighted by Gasteiger charge is -2.28. The first-order valence-electron chi connectivity index (χ1n) is 26.3. The Kier molecular flexibility index (Phi) is 13.7. The minimum Gasteiger partial charge on any atom is -0.444 e. The molecule has 0 saturated carbocycles. The number of hydrogen-bond donors (Lipinski definition) is 7. The molecule has 4 aromatic carbocycles. The van der Waals surface area contributed by atoms with Gasteiger partial charge in [0.25, 0.3) is 0 Å². The van der Waals surface area contributed by atoms with Crippen LogP contribution in [0.2, 0.25) is 0 Å². The summed E-state index contributed by atoms with van der Waals surface area (Å²) in [7, 11) is 0. The highest BCUT2D eigenvalue weighted by Gasteiger charge is 2.37. The summed E-state index contributed by atoms with van der Waals surface area (Å²) in [6, 6.07) is 34.0. The molecule has 6 heterocycles. The van der Waals surface area contributed by atoms with Gasteiger partial charge in [-0.3, -0.25) is 24.7 Å². The summed E-state index contributed by atoms with van der Waals surface area (Å²) in [6.45, 7) is 9.09. The number of amides is 3. The van der Waals surface area contributed by atoms with Crippen molar-refractivity contribution < 1.29 is 19.1 Å². The van der Waals surface area contributed by atoms with Crippen LogP contribution in [0.5, 0.6) is 0 Å². The second-order valence-electron chi connectivity index (χ2n) is 21.3. The van der Waals surface area contributed by atoms with E-state index in [-0.39, 0.29) is 17.9 Å². The lowest BCUT2D eigenvalue weighted by atomic mass is 10.0. The summed E-state index contributed by atoms with van der Waals surface area (Å²) >= 11 is 0. The number of benzene rings is 4. The predicted octanol–water partition coefficient (Wildman–Crippen LogP) is 10.2. The number of carbonyl (C=O) groups is 3. The quantitative estimate of drug-likeness (QED) is 0.0703. The molecule has 2 aromatic heterocycles. The van der Waals surface area contributed by atoms with Crippen LogP contribution in [0.15, 0.2) is 97.1 Å². The lowest BCUT2D eigenvalue weighted by molar-refractivity contribution is -0.120. The van der Waals surface area contributed by atoms with Gasteiger partial charge in [0.15, 0.2) is 0 Å². The zero-order chi connectivity index (χ0) is 50.1. The number of aromatic amines is 2. The van der Waals surface area contributed by atoms with Crippen molar-refractivity contribution in [2.75, 3.05) is 36.8 Å². The number of nitrogens with zero attached hydrogens (tertiary/aromatic N) is 3. The molecule has 4 saturated heterocycles. The predicted molar refractivity (Wildman–Crippen MR) is 288 cm³/mol. The summed E-state index contributed by atoms with van der Waals surface area (Å²) in [4.78, 5) is 39.7. The van der Waals surface area contributed by atoms with Gasteiger partial charge >= 0.3 is 6.09 Å². The molecular weight excluding hydrogens is 913 g/mol. The number of fused-ring (bicyclic) bond motifs is 2. The lowest BCUT2D eigenvalue weighted by Crippen LogP contribution is -2.45. The van der Waals surface area contributed by atoms with Gasteiger partial charge in [0.2, 0.25) is 11.8 Å². The van der Waals surface area contributed by atoms with E-state index < -0.39 is 17.7 Å². The van der Waals surface area contributed by atoms with Gasteiger partial charge < -0.3 is 31.3 Å². The molecule has 376 valence electrons. The molecule has 4 aliphatic heterocycles. The Balaban J connectivity index is 0.000000160. The topological polar surface area (TPSA) is 181 Å². The molecule has 14 nitrogen and oxygen atoms in total. The zero-order valence-corrected chi connectivity index (χ0v) is 42.1. The number of nitrogens with one attached hydrogen (secondary N) is 7. The third-order valence-electron chi connectivity index (χ3n) is 15.0. The molecule has 73 heavy (non-hydrogen) atoms. The van der Waals surface area contributed by atoms with Crippen molar-refractivity contribution in [2.24, 2.45) is 0 Å². The number of likely N-dealkylation sites (tertiary alicyclic amines) is 1. The van der Waals surface area contributed by atoms with E-state index >= 15 is 0 Å². The molecule has 6 aromatic rings. The number of carbonyl (C=O) groups excluding carboxylic acids is 3. The Bertz CT molecular complexity index is 3050. The standard InChI is InChI=1S/C32H37N5O3.C27H29N5O/c1-32(2,3)40-31(39)37-15-5-7-29(37)30(38)34-25-13-12-22-16-23(17-24(22)18-25)20-8-10-21(11-9-20)27-19-28(36-35-27)26-6-4-14-33-26;33-27(24-4-2-12-29-24)30-22-10-9-19-13-20(14-21(19)15-22)17-5-7-18(8-6-17)25-16-26(32-31-25)23-3-1-11-28-23/h8-13,17-19,26,29,33H,4-7,14-16H2,1-3H3,(H,34,38)(H,35,36);5-10,14-16,23-24,28-29H,1-4,11-13H2,(H,30,33)(H,31,32)/t26-,29-;23-,24-/m00/s1. The third-order valence-corrected chi connectivity index (χ3v) is 15.0. The Morgan fingerprint density at radius 1 is 0.575 bits per heavy atom. The second kappa shape index (κ2) is 20.8. The second-order valence-corrected chi connectivity index (χ2v) is 21.3. The Hall–Kier alpha value is -7.13. The molecule has 0 radical (unpaired) electrons. The van der Waals surface area contributed by atoms with Crippen molar-refractivity contribution >= 4 is 52.6 Å². The molecule has 2 aliphatic carbocycles. The van der Waals surface area contributed by atoms with Crippen LogP contribution in [-0.4, -0.2) is 87.1 Å². The van der Waals surface area contributed by atoms with Gasteiger partial charge in [0.1, 0.15) is 11.6 Å². The van der Waals surface area contributed by atoms with Crippen LogP contribution in [0.4, 0.5) is 16.2 Å². The van der Waals surface area contributed by atoms with Gasteiger partial charge in [-0.1, -0.05) is 72.8 Å². The fourth-order valence-corrected chi connectivity index (χ4v) is 11.1. The van der Waals surface area contributed by atoms with Crippen LogP contribution < -0.4 is 26.6 Å². The summed E-state index contributed by atoms with van der Waals surface area (Å²) in [5.41, 5.74) is 17.3. The van der Waals surface area contributed by atoms with Crippen LogP contribution >= 0.6 is 0 Å². The van der Waals surface area contributed by atoms with Gasteiger partial charge in [0.05, 0.1) is 28.8 Å². The number of ether oxygens (including phenoxy) is 1. The van der Waals surface area contributed by atoms with E-state index in [9.17, 15) is 14.4 Å². The monoisotopic (exact) mass is 979 g/mol. The largest absolute Gasteiger partial charge is 0.444 e. The van der Waals surface area contributed by atoms with E-state index in [1.807, 2.05) is 39.0 Å². The molecule has 4 atom stereocenters. The minimum absolute atomic E-state index is 0.0653. The van der Waals surface area contributed by atoms with E-state index in [1.54, 1.807) is 4.90 Å². The molecule has 0 bridgehead atoms. The maximum Gasteiger partial charge on any atom is 0.410 e. The van der Waals surface area contributed by atoms with Crippen molar-refractivity contribution in [2.45, 2.75) is 115 Å². The van der Waals surface area contributed by atoms with Gasteiger partial charge in [-0.15, -0.1) is 0 Å². The van der Waals surface area contributed by atoms with Gasteiger partial charge in [-0.05, 0) is 186 Å². The summed E-state index contributed by atoms with van der Waals surface area (Å²) in [5.74, 6) is -0.109. The number of rotatable bonds is 10. The van der Waals surface area contributed by atoms with Crippen LogP contribution in [0.25, 0.3) is 45.8 Å². The first-order valence-corrected chi connectivity index (χ1v) is 26.3. The van der Waals surface area contributed by atoms with Crippen molar-refractivity contribution in [3.8, 4) is 22.5 Å². The Labute approximate surface area is 427 Å². The summed E-state index contributed by atoms with van der Waals surface area (Å²) in [5, 5.41) is 31.9. The van der Waals surface area contributed by atoms with E-state index in [0.717, 1.165) is 110 Å². The number of anilines is 2. The number of H-pyrrole nitrogens is 2. The third kappa shape index (κ3) is 11.0. The highest BCUT2D eigenvalue weighted by molar-refractivity contribution is 5.99. The first kappa shape index (κ1) is 48.2. The van der Waals surface area contributed by atoms with Crippen molar-refractivity contribution in [3.63, 3.8) is 0 Å². The van der Waals surface area contributed by atoms with Gasteiger partial charge in [-0.2, -0.15) is 10.2 Å². The number of aromatic nitrogens is 4. The minimum atomic E-state index is -0.597. The molecule has 12 rings (SSSR count). The zero-order valence-electron chi connectivity index (χ0n) is 42.1. The highest BCUT2D eigenvalue weighted by atomic mass is 16.6. The Morgan fingerprint density at radius 3 is 1.55 bits per heavy atom. The molecule has 0 unspecified atom stereocenters. The van der Waals surface area contributed by atoms with Crippen molar-refractivity contribution in [1.29, 1.82) is 0 Å². The maximum absolute atomic E-state index is 13.1. The molecule has 4 fully saturated rings. The SMILES string of the molecule is CC(C)(C)OC(=O)N1CCC[C@H]1C(=O)Nc1ccc2c(c1)C=C(c1ccc(-c3cc([C@@H]4CCCN4)[nH]n3)cc1)C2.O=C(Nc1ccc2c(c1)C=C(c1ccc(-c3cc([C@@H]4CCCN4)[nH]n3)cc1)C2)[C@@H]1CCCN1. The maximum atomic E-state index is 13.1. The van der Waals surface area contributed by atoms with E-state index in [1.165, 1.54) is 57.5 Å². The molecule has 14 heteroatoms. The molecule has 7 N–H and O–H groups in total. The smallest absolute Gasteiger partial charge is 0.410 e. The van der Waals surface area contributed by atoms with Crippen LogP contribution in [0.1, 0.15) is 129 Å². The van der Waals surface area contributed by atoms with E-state index in [0.29, 0.717) is 25.0 Å². The first-order chi connectivity index (χ1) is 35.5. The highest BCUT2D eigenvalue weighted by Crippen LogP contribution is 2.37. The van der Waals surface area contributed by atoms with Crippen LogP contribution in [0.3, 0.4) is 0 Å². The Morgan fingerprint density at radius 2 is 1.07 bits per heavy atom. The summed E-state index contributed by atoms with van der Waals surface area (Å²) < 4.78 is 5.51. The van der Waals surface area contributed by atoms with Gasteiger partial charge in [0, 0.05) is 41.1 Å². The van der Waals surface area contributed by atoms with Crippen molar-refractivity contribution in [3.05, 3.63) is 142 Å². The molecule has 3 amide bonds. The average Bonchev–Trinajstić information content (AvgIpc) is 4.23. The van der Waals surface area contributed by atoms with E-state index in [4.69, 9.17) is 4.74 Å². The number of hydrogen-bond acceptors (Lipinski definition) is 9. The summed E-state index contributed by atoms with van der Waals surface area (Å²) in [6.07, 6.45) is 13.9. The fourth-order valence-electron chi connectivity index (χ4n) is 11.1. The molecular formula is C59H66N10O4. The molecule has 0 spiro atoms. The molecule has 6 aliphatic rings. The fraction of sp³-hybridized carbons (Fsp3) is 0.373. The van der Waals surface area contributed by atoms with Crippen molar-refractivity contribution in [1.82, 2.24) is 41.2 Å². The van der Waals surface area contributed by atoms with Gasteiger partial charge in [-0.25, -0.2) is 4.79 Å². The normalized spacial score (nSPS) is 21.0. The number of allylic oxidation sites excluding steroid dienone is 2.